The second-order valence-electron chi connectivity index (χ2n) is 5.40. The van der Waals surface area contributed by atoms with Crippen LogP contribution in [0.2, 0.25) is 0 Å². The monoisotopic (exact) mass is 287 g/mol. The molecule has 2 atom stereocenters. The zero-order chi connectivity index (χ0) is 14.8. The molecular formula is C15H17N3O3. The summed E-state index contributed by atoms with van der Waals surface area (Å²) in [4.78, 5) is 23.7. The van der Waals surface area contributed by atoms with Crippen LogP contribution in [0, 0.1) is 5.92 Å². The number of aromatic nitrogens is 2. The third kappa shape index (κ3) is 2.61. The van der Waals surface area contributed by atoms with Crippen LogP contribution in [-0.2, 0) is 4.79 Å². The molecule has 6 heteroatoms. The Bertz CT molecular complexity index is 680. The van der Waals surface area contributed by atoms with Gasteiger partial charge in [-0.25, -0.2) is 4.52 Å². The number of hydrogen-bond donors (Lipinski definition) is 2. The van der Waals surface area contributed by atoms with Gasteiger partial charge in [0.15, 0.2) is 0 Å². The highest BCUT2D eigenvalue weighted by atomic mass is 16.4. The predicted octanol–water partition coefficient (Wildman–Crippen LogP) is 1.71. The molecule has 0 radical (unpaired) electrons. The van der Waals surface area contributed by atoms with Crippen LogP contribution in [0.1, 0.15) is 36.0 Å². The van der Waals surface area contributed by atoms with Crippen LogP contribution in [0.4, 0.5) is 0 Å². The number of pyridine rings is 1. The van der Waals surface area contributed by atoms with E-state index < -0.39 is 11.9 Å². The maximum atomic E-state index is 12.4. The summed E-state index contributed by atoms with van der Waals surface area (Å²) >= 11 is 0. The molecule has 0 spiro atoms. The summed E-state index contributed by atoms with van der Waals surface area (Å²) in [6.45, 7) is 0. The standard InChI is InChI=1S/C15H17N3O3/c19-14(11-9-16-18-8-4-3-7-13(11)18)17-12-6-2-1-5-10(12)15(20)21/h3-4,7-10,12H,1-2,5-6H2,(H,17,19)(H,20,21). The molecule has 6 nitrogen and oxygen atoms in total. The summed E-state index contributed by atoms with van der Waals surface area (Å²) in [5, 5.41) is 16.3. The number of fused-ring (bicyclic) bond motifs is 1. The van der Waals surface area contributed by atoms with Gasteiger partial charge >= 0.3 is 5.97 Å². The van der Waals surface area contributed by atoms with Gasteiger partial charge in [-0.05, 0) is 25.0 Å². The maximum absolute atomic E-state index is 12.4. The van der Waals surface area contributed by atoms with Crippen LogP contribution in [0.15, 0.2) is 30.6 Å². The summed E-state index contributed by atoms with van der Waals surface area (Å²) in [7, 11) is 0. The van der Waals surface area contributed by atoms with Gasteiger partial charge in [-0.3, -0.25) is 9.59 Å². The Balaban J connectivity index is 1.80. The molecule has 0 aliphatic heterocycles. The molecule has 2 unspecified atom stereocenters. The lowest BCUT2D eigenvalue weighted by atomic mass is 9.84. The molecule has 1 amide bonds. The third-order valence-electron chi connectivity index (χ3n) is 4.07. The van der Waals surface area contributed by atoms with Crippen LogP contribution in [-0.4, -0.2) is 32.6 Å². The number of amides is 1. The summed E-state index contributed by atoms with van der Waals surface area (Å²) < 4.78 is 1.63. The van der Waals surface area contributed by atoms with Crippen molar-refractivity contribution in [1.82, 2.24) is 14.9 Å². The van der Waals surface area contributed by atoms with Crippen molar-refractivity contribution in [1.29, 1.82) is 0 Å². The van der Waals surface area contributed by atoms with E-state index in [0.717, 1.165) is 18.4 Å². The zero-order valence-electron chi connectivity index (χ0n) is 11.5. The van der Waals surface area contributed by atoms with Crippen molar-refractivity contribution >= 4 is 17.4 Å². The van der Waals surface area contributed by atoms with Gasteiger partial charge in [-0.1, -0.05) is 18.9 Å². The average Bonchev–Trinajstić information content (AvgIpc) is 2.91. The number of carbonyl (C=O) groups excluding carboxylic acids is 1. The molecule has 2 N–H and O–H groups in total. The molecule has 21 heavy (non-hydrogen) atoms. The minimum atomic E-state index is -0.833. The van der Waals surface area contributed by atoms with Crippen molar-refractivity contribution in [3.63, 3.8) is 0 Å². The van der Waals surface area contributed by atoms with Crippen LogP contribution in [0.5, 0.6) is 0 Å². The van der Waals surface area contributed by atoms with Gasteiger partial charge in [0.05, 0.1) is 23.2 Å². The molecule has 1 saturated carbocycles. The van der Waals surface area contributed by atoms with Crippen molar-refractivity contribution in [2.75, 3.05) is 0 Å². The molecule has 0 bridgehead atoms. The lowest BCUT2D eigenvalue weighted by Gasteiger charge is -2.29. The minimum absolute atomic E-state index is 0.255. The van der Waals surface area contributed by atoms with E-state index in [1.165, 1.54) is 6.20 Å². The molecule has 3 rings (SSSR count). The first-order chi connectivity index (χ1) is 10.2. The van der Waals surface area contributed by atoms with Gasteiger partial charge in [0.1, 0.15) is 0 Å². The minimum Gasteiger partial charge on any atom is -0.481 e. The van der Waals surface area contributed by atoms with Gasteiger partial charge in [-0.15, -0.1) is 0 Å². The summed E-state index contributed by atoms with van der Waals surface area (Å²) in [5.41, 5.74) is 1.20. The Morgan fingerprint density at radius 3 is 2.90 bits per heavy atom. The normalized spacial score (nSPS) is 22.1. The largest absolute Gasteiger partial charge is 0.481 e. The van der Waals surface area contributed by atoms with E-state index in [-0.39, 0.29) is 11.9 Å². The van der Waals surface area contributed by atoms with Gasteiger partial charge in [-0.2, -0.15) is 5.10 Å². The maximum Gasteiger partial charge on any atom is 0.308 e. The van der Waals surface area contributed by atoms with Crippen LogP contribution < -0.4 is 5.32 Å². The van der Waals surface area contributed by atoms with E-state index in [1.54, 1.807) is 10.7 Å². The van der Waals surface area contributed by atoms with Crippen molar-refractivity contribution in [3.05, 3.63) is 36.2 Å². The molecule has 0 aromatic carbocycles. The number of aliphatic carboxylic acids is 1. The number of carbonyl (C=O) groups is 2. The predicted molar refractivity (Wildman–Crippen MR) is 76.0 cm³/mol. The van der Waals surface area contributed by atoms with E-state index in [9.17, 15) is 14.7 Å². The smallest absolute Gasteiger partial charge is 0.308 e. The third-order valence-corrected chi connectivity index (χ3v) is 4.07. The summed E-state index contributed by atoms with van der Waals surface area (Å²) in [6, 6.07) is 5.19. The number of hydrogen-bond acceptors (Lipinski definition) is 3. The lowest BCUT2D eigenvalue weighted by Crippen LogP contribution is -2.45. The fourth-order valence-electron chi connectivity index (χ4n) is 2.95. The van der Waals surface area contributed by atoms with E-state index in [2.05, 4.69) is 10.4 Å². The highest BCUT2D eigenvalue weighted by Gasteiger charge is 2.32. The average molecular weight is 287 g/mol. The Hall–Kier alpha value is -2.37. The van der Waals surface area contributed by atoms with Crippen LogP contribution in [0.3, 0.4) is 0 Å². The Morgan fingerprint density at radius 1 is 1.29 bits per heavy atom. The quantitative estimate of drug-likeness (QED) is 0.900. The number of carboxylic acids is 1. The highest BCUT2D eigenvalue weighted by molar-refractivity contribution is 6.00. The second-order valence-corrected chi connectivity index (χ2v) is 5.40. The lowest BCUT2D eigenvalue weighted by molar-refractivity contribution is -0.143. The topological polar surface area (TPSA) is 83.7 Å². The molecular weight excluding hydrogens is 270 g/mol. The first kappa shape index (κ1) is 13.6. The number of carboxylic acid groups (broad SMARTS) is 1. The SMILES string of the molecule is O=C(NC1CCCCC1C(=O)O)c1cnn2ccccc12. The number of nitrogens with zero attached hydrogens (tertiary/aromatic N) is 2. The number of rotatable bonds is 3. The van der Waals surface area contributed by atoms with Crippen molar-refractivity contribution in [2.45, 2.75) is 31.7 Å². The van der Waals surface area contributed by atoms with E-state index in [1.807, 2.05) is 18.2 Å². The molecule has 1 fully saturated rings. The summed E-state index contributed by atoms with van der Waals surface area (Å²) in [5.74, 6) is -1.58. The van der Waals surface area contributed by atoms with Crippen molar-refractivity contribution in [2.24, 2.45) is 5.92 Å². The highest BCUT2D eigenvalue weighted by Crippen LogP contribution is 2.25. The zero-order valence-corrected chi connectivity index (χ0v) is 11.5. The molecule has 1 aliphatic rings. The molecule has 0 saturated heterocycles. The Morgan fingerprint density at radius 2 is 2.10 bits per heavy atom. The van der Waals surface area contributed by atoms with Crippen molar-refractivity contribution in [3.8, 4) is 0 Å². The van der Waals surface area contributed by atoms with E-state index in [0.29, 0.717) is 18.4 Å². The van der Waals surface area contributed by atoms with Gasteiger partial charge in [0.25, 0.3) is 5.91 Å². The molecule has 2 aromatic rings. The van der Waals surface area contributed by atoms with E-state index in [4.69, 9.17) is 0 Å². The van der Waals surface area contributed by atoms with Crippen LogP contribution >= 0.6 is 0 Å². The molecule has 2 heterocycles. The Kier molecular flexibility index (Phi) is 3.60. The van der Waals surface area contributed by atoms with Crippen LogP contribution in [0.25, 0.3) is 5.52 Å². The van der Waals surface area contributed by atoms with E-state index >= 15 is 0 Å². The first-order valence-electron chi connectivity index (χ1n) is 7.13. The van der Waals surface area contributed by atoms with Crippen molar-refractivity contribution < 1.29 is 14.7 Å². The Labute approximate surface area is 121 Å². The van der Waals surface area contributed by atoms with Gasteiger partial charge in [0.2, 0.25) is 0 Å². The fraction of sp³-hybridized carbons (Fsp3) is 0.400. The molecule has 1 aliphatic carbocycles. The second kappa shape index (κ2) is 5.55. The fourth-order valence-corrected chi connectivity index (χ4v) is 2.95. The molecule has 2 aromatic heterocycles. The summed E-state index contributed by atoms with van der Waals surface area (Å²) in [6.07, 6.45) is 6.47. The number of nitrogens with one attached hydrogen (secondary N) is 1. The first-order valence-corrected chi connectivity index (χ1v) is 7.13. The van der Waals surface area contributed by atoms with Gasteiger partial charge < -0.3 is 10.4 Å². The molecule has 110 valence electrons. The van der Waals surface area contributed by atoms with Gasteiger partial charge in [0, 0.05) is 12.2 Å².